The fourth-order valence-electron chi connectivity index (χ4n) is 1.45. The van der Waals surface area contributed by atoms with Crippen molar-refractivity contribution in [1.82, 2.24) is 0 Å². The molecule has 0 spiro atoms. The summed E-state index contributed by atoms with van der Waals surface area (Å²) in [7, 11) is 1.96. The van der Waals surface area contributed by atoms with Gasteiger partial charge in [0.15, 0.2) is 0 Å². The molecule has 1 aromatic carbocycles. The minimum atomic E-state index is -0.989. The number of carboxylic acids is 1. The molecule has 3 N–H and O–H groups in total. The van der Waals surface area contributed by atoms with Crippen LogP contribution in [0.5, 0.6) is 0 Å². The Morgan fingerprint density at radius 3 is 2.67 bits per heavy atom. The Morgan fingerprint density at radius 2 is 2.20 bits per heavy atom. The van der Waals surface area contributed by atoms with Crippen LogP contribution in [0.4, 0.5) is 11.4 Å². The normalized spacial score (nSPS) is 10.0. The molecule has 4 heteroatoms. The third kappa shape index (κ3) is 2.62. The van der Waals surface area contributed by atoms with E-state index in [1.165, 1.54) is 0 Å². The van der Waals surface area contributed by atoms with Crippen LogP contribution in [0.25, 0.3) is 0 Å². The zero-order chi connectivity index (χ0) is 11.4. The lowest BCUT2D eigenvalue weighted by Gasteiger charge is -2.19. The maximum Gasteiger partial charge on any atom is 0.337 e. The minimum Gasteiger partial charge on any atom is -0.478 e. The van der Waals surface area contributed by atoms with E-state index in [9.17, 15) is 4.79 Å². The van der Waals surface area contributed by atoms with E-state index in [0.717, 1.165) is 18.7 Å². The number of hydrogen-bond donors (Lipinski definition) is 2. The molecule has 0 heterocycles. The minimum absolute atomic E-state index is 0.156. The van der Waals surface area contributed by atoms with Crippen LogP contribution in [0.3, 0.4) is 0 Å². The predicted octanol–water partition coefficient (Wildman–Crippen LogP) is 1.81. The SMILES string of the molecule is CCCN(C)c1ccc(C(=O)O)c(N)c1. The molecule has 0 saturated carbocycles. The van der Waals surface area contributed by atoms with Crippen molar-refractivity contribution in [2.75, 3.05) is 24.2 Å². The second-order valence-electron chi connectivity index (χ2n) is 3.50. The van der Waals surface area contributed by atoms with E-state index in [0.29, 0.717) is 5.69 Å². The summed E-state index contributed by atoms with van der Waals surface area (Å²) >= 11 is 0. The number of hydrogen-bond acceptors (Lipinski definition) is 3. The number of aromatic carboxylic acids is 1. The number of nitrogens with two attached hydrogens (primary N) is 1. The van der Waals surface area contributed by atoms with Gasteiger partial charge in [0, 0.05) is 25.0 Å². The smallest absolute Gasteiger partial charge is 0.337 e. The first kappa shape index (κ1) is 11.4. The van der Waals surface area contributed by atoms with Crippen molar-refractivity contribution >= 4 is 17.3 Å². The van der Waals surface area contributed by atoms with Crippen LogP contribution in [0.2, 0.25) is 0 Å². The number of benzene rings is 1. The lowest BCUT2D eigenvalue weighted by atomic mass is 10.1. The van der Waals surface area contributed by atoms with E-state index in [1.807, 2.05) is 11.9 Å². The largest absolute Gasteiger partial charge is 0.478 e. The van der Waals surface area contributed by atoms with Crippen molar-refractivity contribution in [2.24, 2.45) is 0 Å². The van der Waals surface area contributed by atoms with Gasteiger partial charge >= 0.3 is 5.97 Å². The quantitative estimate of drug-likeness (QED) is 0.740. The zero-order valence-corrected chi connectivity index (χ0v) is 9.03. The van der Waals surface area contributed by atoms with E-state index in [4.69, 9.17) is 10.8 Å². The van der Waals surface area contributed by atoms with Crippen LogP contribution < -0.4 is 10.6 Å². The first-order chi connectivity index (χ1) is 7.06. The average Bonchev–Trinajstić information content (AvgIpc) is 2.17. The maximum atomic E-state index is 10.7. The van der Waals surface area contributed by atoms with Crippen LogP contribution in [-0.2, 0) is 0 Å². The van der Waals surface area contributed by atoms with E-state index >= 15 is 0 Å². The molecular formula is C11H16N2O2. The second-order valence-corrected chi connectivity index (χ2v) is 3.50. The predicted molar refractivity (Wildman–Crippen MR) is 61.4 cm³/mol. The van der Waals surface area contributed by atoms with E-state index in [2.05, 4.69) is 6.92 Å². The highest BCUT2D eigenvalue weighted by atomic mass is 16.4. The van der Waals surface area contributed by atoms with Crippen molar-refractivity contribution < 1.29 is 9.90 Å². The molecule has 0 aliphatic heterocycles. The number of carboxylic acid groups (broad SMARTS) is 1. The van der Waals surface area contributed by atoms with Gasteiger partial charge < -0.3 is 15.7 Å². The molecular weight excluding hydrogens is 192 g/mol. The van der Waals surface area contributed by atoms with E-state index < -0.39 is 5.97 Å². The summed E-state index contributed by atoms with van der Waals surface area (Å²) in [5.74, 6) is -0.989. The summed E-state index contributed by atoms with van der Waals surface area (Å²) in [4.78, 5) is 12.8. The van der Waals surface area contributed by atoms with Crippen LogP contribution >= 0.6 is 0 Å². The van der Waals surface area contributed by atoms with E-state index in [-0.39, 0.29) is 5.56 Å². The summed E-state index contributed by atoms with van der Waals surface area (Å²) < 4.78 is 0. The molecule has 0 saturated heterocycles. The van der Waals surface area contributed by atoms with Gasteiger partial charge in [0.25, 0.3) is 0 Å². The summed E-state index contributed by atoms with van der Waals surface area (Å²) in [6.07, 6.45) is 1.04. The van der Waals surface area contributed by atoms with Gasteiger partial charge in [0.05, 0.1) is 5.56 Å². The van der Waals surface area contributed by atoms with E-state index in [1.54, 1.807) is 18.2 Å². The Labute approximate surface area is 89.3 Å². The Morgan fingerprint density at radius 1 is 1.53 bits per heavy atom. The Balaban J connectivity index is 2.96. The fraction of sp³-hybridized carbons (Fsp3) is 0.364. The number of nitrogens with zero attached hydrogens (tertiary/aromatic N) is 1. The number of nitrogen functional groups attached to an aromatic ring is 1. The van der Waals surface area contributed by atoms with Crippen molar-refractivity contribution in [3.05, 3.63) is 23.8 Å². The van der Waals surface area contributed by atoms with Gasteiger partial charge in [-0.15, -0.1) is 0 Å². The molecule has 0 unspecified atom stereocenters. The highest BCUT2D eigenvalue weighted by Gasteiger charge is 2.09. The third-order valence-corrected chi connectivity index (χ3v) is 2.27. The average molecular weight is 208 g/mol. The van der Waals surface area contributed by atoms with Gasteiger partial charge in [-0.3, -0.25) is 0 Å². The van der Waals surface area contributed by atoms with Crippen LogP contribution in [-0.4, -0.2) is 24.7 Å². The molecule has 1 rings (SSSR count). The Hall–Kier alpha value is -1.71. The standard InChI is InChI=1S/C11H16N2O2/c1-3-6-13(2)8-4-5-9(11(14)15)10(12)7-8/h4-5,7H,3,6,12H2,1-2H3,(H,14,15). The summed E-state index contributed by atoms with van der Waals surface area (Å²) in [5.41, 5.74) is 7.06. The molecule has 0 amide bonds. The molecule has 0 radical (unpaired) electrons. The summed E-state index contributed by atoms with van der Waals surface area (Å²) in [6.45, 7) is 3.01. The number of carbonyl (C=O) groups is 1. The lowest BCUT2D eigenvalue weighted by Crippen LogP contribution is -2.18. The van der Waals surface area contributed by atoms with Crippen molar-refractivity contribution in [3.8, 4) is 0 Å². The van der Waals surface area contributed by atoms with Crippen molar-refractivity contribution in [1.29, 1.82) is 0 Å². The maximum absolute atomic E-state index is 10.7. The zero-order valence-electron chi connectivity index (χ0n) is 9.03. The van der Waals surface area contributed by atoms with Gasteiger partial charge in [0.2, 0.25) is 0 Å². The van der Waals surface area contributed by atoms with Gasteiger partial charge in [-0.25, -0.2) is 4.79 Å². The Bertz CT molecular complexity index is 364. The van der Waals surface area contributed by atoms with Gasteiger partial charge in [-0.05, 0) is 24.6 Å². The van der Waals surface area contributed by atoms with Gasteiger partial charge in [0.1, 0.15) is 0 Å². The number of anilines is 2. The summed E-state index contributed by atoms with van der Waals surface area (Å²) in [6, 6.07) is 5.01. The topological polar surface area (TPSA) is 66.6 Å². The number of rotatable bonds is 4. The van der Waals surface area contributed by atoms with Crippen LogP contribution in [0.15, 0.2) is 18.2 Å². The highest BCUT2D eigenvalue weighted by molar-refractivity contribution is 5.94. The van der Waals surface area contributed by atoms with Crippen molar-refractivity contribution in [2.45, 2.75) is 13.3 Å². The highest BCUT2D eigenvalue weighted by Crippen LogP contribution is 2.20. The second kappa shape index (κ2) is 4.68. The molecule has 0 fully saturated rings. The van der Waals surface area contributed by atoms with Crippen LogP contribution in [0, 0.1) is 0 Å². The summed E-state index contributed by atoms with van der Waals surface area (Å²) in [5, 5.41) is 8.80. The van der Waals surface area contributed by atoms with Gasteiger partial charge in [-0.2, -0.15) is 0 Å². The molecule has 4 nitrogen and oxygen atoms in total. The molecule has 15 heavy (non-hydrogen) atoms. The molecule has 1 aromatic rings. The molecule has 0 bridgehead atoms. The Kier molecular flexibility index (Phi) is 3.55. The first-order valence-corrected chi connectivity index (χ1v) is 4.90. The molecule has 0 aliphatic rings. The molecule has 82 valence electrons. The lowest BCUT2D eigenvalue weighted by molar-refractivity contribution is 0.0698. The third-order valence-electron chi connectivity index (χ3n) is 2.27. The molecule has 0 aliphatic carbocycles. The first-order valence-electron chi connectivity index (χ1n) is 4.90. The van der Waals surface area contributed by atoms with Crippen molar-refractivity contribution in [3.63, 3.8) is 0 Å². The van der Waals surface area contributed by atoms with Crippen LogP contribution in [0.1, 0.15) is 23.7 Å². The van der Waals surface area contributed by atoms with Gasteiger partial charge in [-0.1, -0.05) is 6.92 Å². The fourth-order valence-corrected chi connectivity index (χ4v) is 1.45. The molecule has 0 atom stereocenters. The monoisotopic (exact) mass is 208 g/mol. The molecule has 0 aromatic heterocycles.